The molecule has 4 aromatic rings. The number of hydrogen-bond donors (Lipinski definition) is 2. The number of halogens is 3. The lowest BCUT2D eigenvalue weighted by atomic mass is 10.1. The number of carbonyl (C=O) groups is 2. The van der Waals surface area contributed by atoms with Crippen LogP contribution in [0.1, 0.15) is 32.0 Å². The molecule has 2 N–H and O–H groups in total. The maximum Gasteiger partial charge on any atom is 0.352 e. The molecule has 0 saturated heterocycles. The number of amides is 1. The molecule has 0 saturated carbocycles. The molecule has 0 radical (unpaired) electrons. The van der Waals surface area contributed by atoms with Crippen LogP contribution < -0.4 is 5.32 Å². The first kappa shape index (κ1) is 21.5. The predicted molar refractivity (Wildman–Crippen MR) is 117 cm³/mol. The Morgan fingerprint density at radius 2 is 1.75 bits per heavy atom. The minimum Gasteiger partial charge on any atom is -0.477 e. The Labute approximate surface area is 186 Å². The van der Waals surface area contributed by atoms with Gasteiger partial charge in [0.25, 0.3) is 5.91 Å². The molecule has 162 valence electrons. The number of rotatable bonds is 6. The molecule has 0 fully saturated rings. The van der Waals surface area contributed by atoms with Crippen LogP contribution in [0.3, 0.4) is 0 Å². The number of aromatic carboxylic acids is 1. The van der Waals surface area contributed by atoms with Gasteiger partial charge >= 0.3 is 5.97 Å². The zero-order valence-corrected chi connectivity index (χ0v) is 17.4. The number of aromatic nitrogens is 1. The summed E-state index contributed by atoms with van der Waals surface area (Å²) in [4.78, 5) is 24.3. The minimum absolute atomic E-state index is 0.000673. The van der Waals surface area contributed by atoms with Crippen molar-refractivity contribution in [1.29, 1.82) is 0 Å². The lowest BCUT2D eigenvalue weighted by molar-refractivity contribution is 0.0686. The van der Waals surface area contributed by atoms with Crippen molar-refractivity contribution in [3.63, 3.8) is 0 Å². The van der Waals surface area contributed by atoms with E-state index >= 15 is 0 Å². The van der Waals surface area contributed by atoms with Crippen molar-refractivity contribution in [2.75, 3.05) is 0 Å². The van der Waals surface area contributed by atoms with E-state index in [0.29, 0.717) is 27.6 Å². The van der Waals surface area contributed by atoms with Crippen molar-refractivity contribution >= 4 is 34.4 Å². The molecule has 1 heterocycles. The number of nitrogens with zero attached hydrogens (tertiary/aromatic N) is 1. The predicted octanol–water partition coefficient (Wildman–Crippen LogP) is 5.25. The smallest absolute Gasteiger partial charge is 0.352 e. The van der Waals surface area contributed by atoms with E-state index < -0.39 is 23.5 Å². The first-order valence-electron chi connectivity index (χ1n) is 9.65. The summed E-state index contributed by atoms with van der Waals surface area (Å²) in [5, 5.41) is 12.8. The minimum atomic E-state index is -1.15. The standard InChI is InChI=1S/C24H17ClF2N2O3/c25-18-7-5-14(9-20(18)27)13-29-21-8-6-15(10-17(21)11-22(29)24(31)32)23(30)28-12-16-3-1-2-4-19(16)26/h1-11H,12-13H2,(H,28,30)(H,31,32). The van der Waals surface area contributed by atoms with Gasteiger partial charge in [0.1, 0.15) is 17.3 Å². The molecule has 8 heteroatoms. The fraction of sp³-hybridized carbons (Fsp3) is 0.0833. The molecular weight excluding hydrogens is 438 g/mol. The quantitative estimate of drug-likeness (QED) is 0.418. The molecule has 3 aromatic carbocycles. The fourth-order valence-electron chi connectivity index (χ4n) is 3.50. The summed E-state index contributed by atoms with van der Waals surface area (Å²) in [6.07, 6.45) is 0. The average molecular weight is 455 g/mol. The second-order valence-electron chi connectivity index (χ2n) is 7.22. The van der Waals surface area contributed by atoms with Gasteiger partial charge in [-0.15, -0.1) is 0 Å². The second kappa shape index (κ2) is 8.80. The van der Waals surface area contributed by atoms with Crippen LogP contribution in [0.15, 0.2) is 66.7 Å². The van der Waals surface area contributed by atoms with E-state index in [9.17, 15) is 23.5 Å². The average Bonchev–Trinajstić information content (AvgIpc) is 3.13. The number of hydrogen-bond acceptors (Lipinski definition) is 2. The summed E-state index contributed by atoms with van der Waals surface area (Å²) in [5.41, 5.74) is 1.78. The Morgan fingerprint density at radius 3 is 2.47 bits per heavy atom. The monoisotopic (exact) mass is 454 g/mol. The SMILES string of the molecule is O=C(NCc1ccccc1F)c1ccc2c(c1)cc(C(=O)O)n2Cc1ccc(Cl)c(F)c1. The molecule has 0 aliphatic carbocycles. The van der Waals surface area contributed by atoms with Crippen LogP contribution in [0.2, 0.25) is 5.02 Å². The Balaban J connectivity index is 1.62. The maximum absolute atomic E-state index is 13.8. The normalized spacial score (nSPS) is 11.0. The third-order valence-electron chi connectivity index (χ3n) is 5.10. The first-order valence-corrected chi connectivity index (χ1v) is 10.0. The van der Waals surface area contributed by atoms with Crippen molar-refractivity contribution in [3.8, 4) is 0 Å². The van der Waals surface area contributed by atoms with Crippen molar-refractivity contribution in [3.05, 3.63) is 106 Å². The lowest BCUT2D eigenvalue weighted by Gasteiger charge is -2.10. The number of benzene rings is 3. The van der Waals surface area contributed by atoms with Crippen LogP contribution in [0, 0.1) is 11.6 Å². The number of carboxylic acid groups (broad SMARTS) is 1. The van der Waals surface area contributed by atoms with Gasteiger partial charge in [-0.2, -0.15) is 0 Å². The van der Waals surface area contributed by atoms with Crippen LogP contribution in [0.5, 0.6) is 0 Å². The topological polar surface area (TPSA) is 71.3 Å². The van der Waals surface area contributed by atoms with E-state index in [0.717, 1.165) is 0 Å². The maximum atomic E-state index is 13.8. The van der Waals surface area contributed by atoms with Gasteiger partial charge in [0.05, 0.1) is 5.02 Å². The van der Waals surface area contributed by atoms with Gasteiger partial charge in [0.15, 0.2) is 0 Å². The van der Waals surface area contributed by atoms with Crippen LogP contribution >= 0.6 is 11.6 Å². The van der Waals surface area contributed by atoms with Gasteiger partial charge in [-0.3, -0.25) is 4.79 Å². The van der Waals surface area contributed by atoms with Crippen LogP contribution in [0.4, 0.5) is 8.78 Å². The van der Waals surface area contributed by atoms with Gasteiger partial charge < -0.3 is 15.0 Å². The van der Waals surface area contributed by atoms with Gasteiger partial charge in [-0.25, -0.2) is 13.6 Å². The first-order chi connectivity index (χ1) is 15.3. The summed E-state index contributed by atoms with van der Waals surface area (Å²) in [6.45, 7) is 0.130. The third-order valence-corrected chi connectivity index (χ3v) is 5.41. The number of carboxylic acids is 1. The molecule has 0 unspecified atom stereocenters. The number of nitrogens with one attached hydrogen (secondary N) is 1. The van der Waals surface area contributed by atoms with E-state index in [1.54, 1.807) is 42.5 Å². The lowest BCUT2D eigenvalue weighted by Crippen LogP contribution is -2.23. The van der Waals surface area contributed by atoms with Crippen molar-refractivity contribution in [2.45, 2.75) is 13.1 Å². The van der Waals surface area contributed by atoms with Crippen molar-refractivity contribution in [1.82, 2.24) is 9.88 Å². The van der Waals surface area contributed by atoms with Crippen LogP contribution in [-0.2, 0) is 13.1 Å². The van der Waals surface area contributed by atoms with E-state index in [-0.39, 0.29) is 23.8 Å². The van der Waals surface area contributed by atoms with Crippen molar-refractivity contribution in [2.24, 2.45) is 0 Å². The molecule has 5 nitrogen and oxygen atoms in total. The third kappa shape index (κ3) is 4.33. The molecule has 1 aromatic heterocycles. The summed E-state index contributed by atoms with van der Waals surface area (Å²) in [7, 11) is 0. The highest BCUT2D eigenvalue weighted by atomic mass is 35.5. The van der Waals surface area contributed by atoms with Crippen molar-refractivity contribution < 1.29 is 23.5 Å². The van der Waals surface area contributed by atoms with Gasteiger partial charge in [0, 0.05) is 35.1 Å². The largest absolute Gasteiger partial charge is 0.477 e. The molecule has 32 heavy (non-hydrogen) atoms. The van der Waals surface area contributed by atoms with Gasteiger partial charge in [0.2, 0.25) is 0 Å². The fourth-order valence-corrected chi connectivity index (χ4v) is 3.62. The van der Waals surface area contributed by atoms with E-state index in [1.165, 1.54) is 28.8 Å². The number of fused-ring (bicyclic) bond motifs is 1. The summed E-state index contributed by atoms with van der Waals surface area (Å²) in [6, 6.07) is 16.6. The molecule has 1 amide bonds. The van der Waals surface area contributed by atoms with E-state index in [1.807, 2.05) is 0 Å². The molecule has 0 aliphatic heterocycles. The summed E-state index contributed by atoms with van der Waals surface area (Å²) < 4.78 is 29.1. The molecular formula is C24H17ClF2N2O3. The zero-order chi connectivity index (χ0) is 22.8. The van der Waals surface area contributed by atoms with Crippen LogP contribution in [0.25, 0.3) is 10.9 Å². The van der Waals surface area contributed by atoms with E-state index in [4.69, 9.17) is 11.6 Å². The number of carbonyl (C=O) groups excluding carboxylic acids is 1. The Morgan fingerprint density at radius 1 is 0.969 bits per heavy atom. The molecule has 0 aliphatic rings. The molecule has 4 rings (SSSR count). The summed E-state index contributed by atoms with van der Waals surface area (Å²) >= 11 is 5.73. The van der Waals surface area contributed by atoms with Gasteiger partial charge in [-0.1, -0.05) is 35.9 Å². The zero-order valence-electron chi connectivity index (χ0n) is 16.6. The van der Waals surface area contributed by atoms with E-state index in [2.05, 4.69) is 5.32 Å². The highest BCUT2D eigenvalue weighted by Gasteiger charge is 2.17. The Hall–Kier alpha value is -3.71. The highest BCUT2D eigenvalue weighted by molar-refractivity contribution is 6.30. The summed E-state index contributed by atoms with van der Waals surface area (Å²) in [5.74, 6) is -2.57. The second-order valence-corrected chi connectivity index (χ2v) is 7.62. The Kier molecular flexibility index (Phi) is 5.92. The molecule has 0 spiro atoms. The molecule has 0 bridgehead atoms. The highest BCUT2D eigenvalue weighted by Crippen LogP contribution is 2.24. The van der Waals surface area contributed by atoms with Gasteiger partial charge in [-0.05, 0) is 48.0 Å². The Bertz CT molecular complexity index is 1350. The molecule has 0 atom stereocenters. The van der Waals surface area contributed by atoms with Crippen LogP contribution in [-0.4, -0.2) is 21.6 Å².